The number of carbonyl (C=O) groups is 1. The molecule has 1 aromatic carbocycles. The molecular weight excluding hydrogens is 315 g/mol. The lowest BCUT2D eigenvalue weighted by Gasteiger charge is -2.26. The van der Waals surface area contributed by atoms with Crippen molar-refractivity contribution in [1.82, 2.24) is 0 Å². The molecule has 1 unspecified atom stereocenters. The maximum atomic E-state index is 13.2. The fraction of sp³-hybridized carbons (Fsp3) is 0.154. The normalized spacial score (nSPS) is 13.8. The Bertz CT molecular complexity index is 614. The van der Waals surface area contributed by atoms with Crippen molar-refractivity contribution in [2.45, 2.75) is 12.5 Å². The van der Waals surface area contributed by atoms with Crippen molar-refractivity contribution in [3.8, 4) is 0 Å². The van der Waals surface area contributed by atoms with E-state index in [2.05, 4.69) is 21.2 Å². The Morgan fingerprint density at radius 1 is 1.42 bits per heavy atom. The minimum absolute atomic E-state index is 0.344. The summed E-state index contributed by atoms with van der Waals surface area (Å²) in [6, 6.07) is 9.06. The number of primary amides is 1. The molecule has 1 aromatic heterocycles. The Hall–Kier alpha value is -1.82. The Kier molecular flexibility index (Phi) is 3.61. The van der Waals surface area contributed by atoms with Gasteiger partial charge in [0.25, 0.3) is 5.91 Å². The number of carbonyl (C=O) groups excluding carboxylic acids is 1. The summed E-state index contributed by atoms with van der Waals surface area (Å²) in [5.74, 6) is -0.688. The van der Waals surface area contributed by atoms with Crippen molar-refractivity contribution < 1.29 is 13.6 Å². The second-order valence-electron chi connectivity index (χ2n) is 4.23. The van der Waals surface area contributed by atoms with Gasteiger partial charge in [0.1, 0.15) is 11.6 Å². The van der Waals surface area contributed by atoms with E-state index < -0.39 is 17.3 Å². The number of nitrogens with one attached hydrogen (secondary N) is 1. The first-order valence-electron chi connectivity index (χ1n) is 5.51. The summed E-state index contributed by atoms with van der Waals surface area (Å²) in [5, 5.41) is 2.90. The van der Waals surface area contributed by atoms with Crippen LogP contribution in [0, 0.1) is 5.82 Å². The van der Waals surface area contributed by atoms with Crippen molar-refractivity contribution in [3.05, 3.63) is 52.6 Å². The smallest absolute Gasteiger partial charge is 0.250 e. The third-order valence-corrected chi connectivity index (χ3v) is 3.20. The van der Waals surface area contributed by atoms with E-state index in [0.717, 1.165) is 0 Å². The van der Waals surface area contributed by atoms with Crippen molar-refractivity contribution in [3.63, 3.8) is 0 Å². The van der Waals surface area contributed by atoms with E-state index in [-0.39, 0.29) is 0 Å². The van der Waals surface area contributed by atoms with Crippen LogP contribution in [0.1, 0.15) is 12.7 Å². The van der Waals surface area contributed by atoms with Gasteiger partial charge >= 0.3 is 0 Å². The summed E-state index contributed by atoms with van der Waals surface area (Å²) in [5.41, 5.74) is 4.60. The van der Waals surface area contributed by atoms with Gasteiger partial charge < -0.3 is 15.5 Å². The summed E-state index contributed by atoms with van der Waals surface area (Å²) < 4.78 is 19.0. The topological polar surface area (TPSA) is 68.3 Å². The van der Waals surface area contributed by atoms with Crippen molar-refractivity contribution in [2.24, 2.45) is 5.73 Å². The molecule has 0 saturated carbocycles. The van der Waals surface area contributed by atoms with Gasteiger partial charge in [-0.2, -0.15) is 0 Å². The van der Waals surface area contributed by atoms with Crippen LogP contribution < -0.4 is 11.1 Å². The zero-order valence-electron chi connectivity index (χ0n) is 10.1. The third-order valence-electron chi connectivity index (χ3n) is 2.78. The van der Waals surface area contributed by atoms with Gasteiger partial charge in [0, 0.05) is 5.69 Å². The van der Waals surface area contributed by atoms with Crippen molar-refractivity contribution in [1.29, 1.82) is 0 Å². The average molecular weight is 327 g/mol. The molecule has 100 valence electrons. The monoisotopic (exact) mass is 326 g/mol. The standard InChI is InChI=1S/C13H12BrFN2O2/c1-13(12(16)18,10-5-6-11(14)19-10)17-9-4-2-3-8(15)7-9/h2-7,17H,1H3,(H2,16,18). The quantitative estimate of drug-likeness (QED) is 0.907. The zero-order chi connectivity index (χ0) is 14.0. The van der Waals surface area contributed by atoms with E-state index >= 15 is 0 Å². The SMILES string of the molecule is CC(Nc1cccc(F)c1)(C(N)=O)c1ccc(Br)o1. The summed E-state index contributed by atoms with van der Waals surface area (Å²) in [6.45, 7) is 1.57. The molecule has 1 atom stereocenters. The molecule has 0 fully saturated rings. The van der Waals surface area contributed by atoms with E-state index in [1.807, 2.05) is 0 Å². The number of furan rings is 1. The van der Waals surface area contributed by atoms with Gasteiger partial charge in [-0.05, 0) is 53.2 Å². The predicted octanol–water partition coefficient (Wildman–Crippen LogP) is 2.99. The molecule has 0 aliphatic heterocycles. The van der Waals surface area contributed by atoms with E-state index in [1.165, 1.54) is 18.2 Å². The van der Waals surface area contributed by atoms with Crippen molar-refractivity contribution >= 4 is 27.5 Å². The van der Waals surface area contributed by atoms with E-state index in [4.69, 9.17) is 10.2 Å². The molecule has 0 aliphatic carbocycles. The highest BCUT2D eigenvalue weighted by atomic mass is 79.9. The Morgan fingerprint density at radius 3 is 2.68 bits per heavy atom. The van der Waals surface area contributed by atoms with Crippen LogP contribution >= 0.6 is 15.9 Å². The second kappa shape index (κ2) is 5.05. The van der Waals surface area contributed by atoms with E-state index in [1.54, 1.807) is 25.1 Å². The van der Waals surface area contributed by atoms with Gasteiger partial charge in [0.2, 0.25) is 0 Å². The van der Waals surface area contributed by atoms with E-state index in [9.17, 15) is 9.18 Å². The molecular formula is C13H12BrFN2O2. The van der Waals surface area contributed by atoms with Crippen LogP contribution in [-0.2, 0) is 10.3 Å². The zero-order valence-corrected chi connectivity index (χ0v) is 11.7. The first kappa shape index (κ1) is 13.6. The molecule has 4 nitrogen and oxygen atoms in total. The Morgan fingerprint density at radius 2 is 2.16 bits per heavy atom. The minimum Gasteiger partial charge on any atom is -0.451 e. The molecule has 0 radical (unpaired) electrons. The van der Waals surface area contributed by atoms with E-state index in [0.29, 0.717) is 16.1 Å². The summed E-state index contributed by atoms with van der Waals surface area (Å²) in [4.78, 5) is 11.7. The lowest BCUT2D eigenvalue weighted by atomic mass is 9.97. The first-order chi connectivity index (χ1) is 8.91. The first-order valence-corrected chi connectivity index (χ1v) is 6.30. The Balaban J connectivity index is 2.38. The highest BCUT2D eigenvalue weighted by Gasteiger charge is 2.36. The number of hydrogen-bond donors (Lipinski definition) is 2. The molecule has 0 bridgehead atoms. The van der Waals surface area contributed by atoms with Crippen molar-refractivity contribution in [2.75, 3.05) is 5.32 Å². The minimum atomic E-state index is -1.26. The fourth-order valence-corrected chi connectivity index (χ4v) is 1.99. The van der Waals surface area contributed by atoms with Crippen LogP contribution in [0.3, 0.4) is 0 Å². The molecule has 0 spiro atoms. The number of rotatable bonds is 4. The van der Waals surface area contributed by atoms with Gasteiger partial charge in [-0.15, -0.1) is 0 Å². The van der Waals surface area contributed by atoms with Crippen LogP contribution in [0.5, 0.6) is 0 Å². The molecule has 2 aromatic rings. The number of anilines is 1. The van der Waals surface area contributed by atoms with Crippen LogP contribution in [0.2, 0.25) is 0 Å². The number of halogens is 2. The molecule has 19 heavy (non-hydrogen) atoms. The summed E-state index contributed by atoms with van der Waals surface area (Å²) >= 11 is 3.16. The highest BCUT2D eigenvalue weighted by Crippen LogP contribution is 2.29. The maximum absolute atomic E-state index is 13.2. The van der Waals surface area contributed by atoms with Gasteiger partial charge in [-0.3, -0.25) is 4.79 Å². The molecule has 6 heteroatoms. The van der Waals surface area contributed by atoms with Gasteiger partial charge in [0.15, 0.2) is 10.2 Å². The van der Waals surface area contributed by atoms with Gasteiger partial charge in [0.05, 0.1) is 0 Å². The third kappa shape index (κ3) is 2.78. The molecule has 1 heterocycles. The molecule has 2 rings (SSSR count). The number of amides is 1. The second-order valence-corrected chi connectivity index (χ2v) is 5.01. The molecule has 0 saturated heterocycles. The van der Waals surface area contributed by atoms with Crippen LogP contribution in [0.25, 0.3) is 0 Å². The number of nitrogens with two attached hydrogens (primary N) is 1. The number of benzene rings is 1. The number of hydrogen-bond acceptors (Lipinski definition) is 3. The average Bonchev–Trinajstić information content (AvgIpc) is 2.76. The lowest BCUT2D eigenvalue weighted by molar-refractivity contribution is -0.122. The molecule has 0 aliphatic rings. The van der Waals surface area contributed by atoms with Crippen LogP contribution in [-0.4, -0.2) is 5.91 Å². The van der Waals surface area contributed by atoms with Crippen LogP contribution in [0.15, 0.2) is 45.5 Å². The predicted molar refractivity (Wildman–Crippen MR) is 73.0 cm³/mol. The van der Waals surface area contributed by atoms with Crippen LogP contribution in [0.4, 0.5) is 10.1 Å². The highest BCUT2D eigenvalue weighted by molar-refractivity contribution is 9.10. The lowest BCUT2D eigenvalue weighted by Crippen LogP contribution is -2.44. The fourth-order valence-electron chi connectivity index (χ4n) is 1.68. The van der Waals surface area contributed by atoms with Gasteiger partial charge in [-0.1, -0.05) is 6.07 Å². The maximum Gasteiger partial charge on any atom is 0.250 e. The summed E-state index contributed by atoms with van der Waals surface area (Å²) in [6.07, 6.45) is 0. The Labute approximate surface area is 117 Å². The largest absolute Gasteiger partial charge is 0.451 e. The molecule has 3 N–H and O–H groups in total. The molecule has 1 amide bonds. The summed E-state index contributed by atoms with van der Waals surface area (Å²) in [7, 11) is 0. The van der Waals surface area contributed by atoms with Gasteiger partial charge in [-0.25, -0.2) is 4.39 Å².